The Morgan fingerprint density at radius 3 is 2.29 bits per heavy atom. The van der Waals surface area contributed by atoms with Gasteiger partial charge >= 0.3 is 0 Å². The van der Waals surface area contributed by atoms with Gasteiger partial charge in [-0.15, -0.1) is 5.10 Å². The number of nitrogens with zero attached hydrogens (tertiary/aromatic N) is 4. The molecule has 0 aliphatic rings. The zero-order chi connectivity index (χ0) is 19.8. The van der Waals surface area contributed by atoms with Gasteiger partial charge in [0, 0.05) is 12.1 Å². The summed E-state index contributed by atoms with van der Waals surface area (Å²) in [6.07, 6.45) is 0.904. The summed E-state index contributed by atoms with van der Waals surface area (Å²) in [5.74, 6) is -0.194. The van der Waals surface area contributed by atoms with Gasteiger partial charge in [-0.2, -0.15) is 0 Å². The number of para-hydroxylation sites is 1. The highest BCUT2D eigenvalue weighted by Gasteiger charge is 2.21. The van der Waals surface area contributed by atoms with Crippen molar-refractivity contribution in [1.29, 1.82) is 0 Å². The molecule has 6 heteroatoms. The monoisotopic (exact) mass is 377 g/mol. The van der Waals surface area contributed by atoms with Crippen molar-refractivity contribution in [3.63, 3.8) is 0 Å². The molecule has 1 amide bonds. The van der Waals surface area contributed by atoms with Crippen LogP contribution in [0.1, 0.15) is 30.8 Å². The molecule has 3 rings (SSSR count). The van der Waals surface area contributed by atoms with E-state index in [2.05, 4.69) is 34.4 Å². The number of nitrogens with one attached hydrogen (secondary N) is 1. The van der Waals surface area contributed by atoms with Gasteiger partial charge in [0.05, 0.1) is 5.69 Å². The number of carbonyl (C=O) groups is 1. The molecule has 0 aliphatic heterocycles. The van der Waals surface area contributed by atoms with Crippen molar-refractivity contribution in [1.82, 2.24) is 25.2 Å². The van der Waals surface area contributed by atoms with E-state index < -0.39 is 0 Å². The van der Waals surface area contributed by atoms with Crippen LogP contribution in [0.15, 0.2) is 60.7 Å². The van der Waals surface area contributed by atoms with Crippen molar-refractivity contribution in [2.75, 3.05) is 26.2 Å². The van der Waals surface area contributed by atoms with Gasteiger partial charge in [-0.05, 0) is 38.2 Å². The lowest BCUT2D eigenvalue weighted by atomic mass is 10.1. The molecule has 146 valence electrons. The van der Waals surface area contributed by atoms with Gasteiger partial charge in [-0.3, -0.25) is 4.79 Å². The lowest BCUT2D eigenvalue weighted by molar-refractivity contribution is 0.0947. The Bertz CT molecular complexity index is 872. The number of aromatic nitrogens is 3. The Morgan fingerprint density at radius 1 is 1.00 bits per heavy atom. The van der Waals surface area contributed by atoms with Crippen molar-refractivity contribution >= 4 is 5.91 Å². The second-order valence-corrected chi connectivity index (χ2v) is 6.54. The lowest BCUT2D eigenvalue weighted by Gasteiger charge is -2.17. The normalized spacial score (nSPS) is 11.0. The second kappa shape index (κ2) is 9.80. The number of benzene rings is 2. The van der Waals surface area contributed by atoms with Crippen molar-refractivity contribution in [3.05, 3.63) is 66.4 Å². The summed E-state index contributed by atoms with van der Waals surface area (Å²) in [5, 5.41) is 11.5. The number of carbonyl (C=O) groups excluding carboxylic acids is 1. The summed E-state index contributed by atoms with van der Waals surface area (Å²) in [5.41, 5.74) is 2.82. The van der Waals surface area contributed by atoms with E-state index in [0.717, 1.165) is 37.3 Å². The van der Waals surface area contributed by atoms with Gasteiger partial charge in [0.25, 0.3) is 5.91 Å². The third-order valence-electron chi connectivity index (χ3n) is 4.76. The third-order valence-corrected chi connectivity index (χ3v) is 4.76. The number of rotatable bonds is 9. The van der Waals surface area contributed by atoms with Crippen LogP contribution in [0.5, 0.6) is 0 Å². The SMILES string of the molecule is CCN(CC)CCCNC(=O)c1nnn(-c2ccccc2)c1-c1ccccc1. The molecule has 1 N–H and O–H groups in total. The highest BCUT2D eigenvalue weighted by atomic mass is 16.2. The van der Waals surface area contributed by atoms with Crippen LogP contribution in [0.25, 0.3) is 16.9 Å². The Morgan fingerprint density at radius 2 is 1.64 bits per heavy atom. The largest absolute Gasteiger partial charge is 0.351 e. The van der Waals surface area contributed by atoms with Crippen LogP contribution in [-0.4, -0.2) is 52.0 Å². The first kappa shape index (κ1) is 19.8. The molecule has 6 nitrogen and oxygen atoms in total. The summed E-state index contributed by atoms with van der Waals surface area (Å²) in [7, 11) is 0. The van der Waals surface area contributed by atoms with E-state index in [1.807, 2.05) is 60.7 Å². The molecule has 0 aliphatic carbocycles. The average Bonchev–Trinajstić information content (AvgIpc) is 3.20. The van der Waals surface area contributed by atoms with Crippen LogP contribution in [0, 0.1) is 0 Å². The van der Waals surface area contributed by atoms with Gasteiger partial charge in [-0.1, -0.05) is 67.6 Å². The molecule has 1 aromatic heterocycles. The van der Waals surface area contributed by atoms with Crippen molar-refractivity contribution in [3.8, 4) is 16.9 Å². The zero-order valence-corrected chi connectivity index (χ0v) is 16.5. The summed E-state index contributed by atoms with van der Waals surface area (Å²) in [6.45, 7) is 7.92. The maximum absolute atomic E-state index is 12.8. The highest BCUT2D eigenvalue weighted by Crippen LogP contribution is 2.25. The fourth-order valence-corrected chi connectivity index (χ4v) is 3.17. The fourth-order valence-electron chi connectivity index (χ4n) is 3.17. The van der Waals surface area contributed by atoms with E-state index in [1.165, 1.54) is 0 Å². The molecular formula is C22H27N5O. The summed E-state index contributed by atoms with van der Waals surface area (Å²) >= 11 is 0. The van der Waals surface area contributed by atoms with E-state index in [0.29, 0.717) is 17.9 Å². The van der Waals surface area contributed by atoms with E-state index in [9.17, 15) is 4.79 Å². The minimum atomic E-state index is -0.194. The molecule has 28 heavy (non-hydrogen) atoms. The number of hydrogen-bond donors (Lipinski definition) is 1. The van der Waals surface area contributed by atoms with E-state index >= 15 is 0 Å². The van der Waals surface area contributed by atoms with Crippen molar-refractivity contribution in [2.45, 2.75) is 20.3 Å². The average molecular weight is 377 g/mol. The maximum Gasteiger partial charge on any atom is 0.274 e. The van der Waals surface area contributed by atoms with Crippen LogP contribution in [-0.2, 0) is 0 Å². The van der Waals surface area contributed by atoms with Gasteiger partial charge in [0.15, 0.2) is 5.69 Å². The van der Waals surface area contributed by atoms with Crippen LogP contribution >= 0.6 is 0 Å². The molecule has 0 fully saturated rings. The zero-order valence-electron chi connectivity index (χ0n) is 16.5. The number of hydrogen-bond acceptors (Lipinski definition) is 4. The topological polar surface area (TPSA) is 63.1 Å². The highest BCUT2D eigenvalue weighted by molar-refractivity contribution is 5.98. The van der Waals surface area contributed by atoms with Crippen molar-refractivity contribution < 1.29 is 4.79 Å². The molecule has 1 heterocycles. The van der Waals surface area contributed by atoms with Crippen molar-refractivity contribution in [2.24, 2.45) is 0 Å². The van der Waals surface area contributed by atoms with Crippen LogP contribution in [0.3, 0.4) is 0 Å². The molecule has 0 unspecified atom stereocenters. The molecule has 0 radical (unpaired) electrons. The number of amides is 1. The minimum absolute atomic E-state index is 0.194. The Balaban J connectivity index is 1.81. The second-order valence-electron chi connectivity index (χ2n) is 6.54. The minimum Gasteiger partial charge on any atom is -0.351 e. The first-order valence-corrected chi connectivity index (χ1v) is 9.81. The maximum atomic E-state index is 12.8. The first-order chi connectivity index (χ1) is 13.7. The molecular weight excluding hydrogens is 350 g/mol. The molecule has 2 aromatic carbocycles. The van der Waals surface area contributed by atoms with Crippen LogP contribution in [0.2, 0.25) is 0 Å². The molecule has 3 aromatic rings. The first-order valence-electron chi connectivity index (χ1n) is 9.81. The van der Waals surface area contributed by atoms with Gasteiger partial charge < -0.3 is 10.2 Å². The predicted molar refractivity (Wildman–Crippen MR) is 112 cm³/mol. The van der Waals surface area contributed by atoms with Crippen LogP contribution < -0.4 is 5.32 Å². The predicted octanol–water partition coefficient (Wildman–Crippen LogP) is 3.40. The van der Waals surface area contributed by atoms with E-state index in [-0.39, 0.29) is 5.91 Å². The quantitative estimate of drug-likeness (QED) is 0.581. The Hall–Kier alpha value is -2.99. The Labute approximate surface area is 166 Å². The van der Waals surface area contributed by atoms with Gasteiger partial charge in [0.1, 0.15) is 5.69 Å². The molecule has 0 atom stereocenters. The summed E-state index contributed by atoms with van der Waals surface area (Å²) in [6, 6.07) is 19.5. The van der Waals surface area contributed by atoms with Crippen LogP contribution in [0.4, 0.5) is 0 Å². The standard InChI is InChI=1S/C22H27N5O/c1-3-26(4-2)17-11-16-23-22(28)20-21(18-12-7-5-8-13-18)27(25-24-20)19-14-9-6-10-15-19/h5-10,12-15H,3-4,11,16-17H2,1-2H3,(H,23,28). The lowest BCUT2D eigenvalue weighted by Crippen LogP contribution is -2.30. The smallest absolute Gasteiger partial charge is 0.274 e. The van der Waals surface area contributed by atoms with E-state index in [1.54, 1.807) is 4.68 Å². The van der Waals surface area contributed by atoms with E-state index in [4.69, 9.17) is 0 Å². The summed E-state index contributed by atoms with van der Waals surface area (Å²) < 4.78 is 1.72. The molecule has 0 saturated heterocycles. The molecule has 0 saturated carbocycles. The molecule has 0 spiro atoms. The van der Waals surface area contributed by atoms with Gasteiger partial charge in [0.2, 0.25) is 0 Å². The van der Waals surface area contributed by atoms with Gasteiger partial charge in [-0.25, -0.2) is 4.68 Å². The molecule has 0 bridgehead atoms. The summed E-state index contributed by atoms with van der Waals surface area (Å²) in [4.78, 5) is 15.2. The Kier molecular flexibility index (Phi) is 6.92. The fraction of sp³-hybridized carbons (Fsp3) is 0.318. The third kappa shape index (κ3) is 4.64.